The molecule has 1 aliphatic rings. The number of benzene rings is 2. The lowest BCUT2D eigenvalue weighted by molar-refractivity contribution is 0.286. The highest BCUT2D eigenvalue weighted by Crippen LogP contribution is 2.39. The van der Waals surface area contributed by atoms with E-state index in [1.54, 1.807) is 6.07 Å². The molecule has 4 heteroatoms. The molecule has 2 aromatic carbocycles. The van der Waals surface area contributed by atoms with Crippen LogP contribution in [-0.4, -0.2) is 24.9 Å². The molecule has 122 valence electrons. The van der Waals surface area contributed by atoms with E-state index in [4.69, 9.17) is 9.47 Å². The Morgan fingerprint density at radius 1 is 1.04 bits per heavy atom. The van der Waals surface area contributed by atoms with Crippen molar-refractivity contribution in [2.45, 2.75) is 26.3 Å². The number of phenolic OH excluding ortho intramolecular Hbond substituents is 1. The Balaban J connectivity index is 2.07. The van der Waals surface area contributed by atoms with Crippen LogP contribution >= 0.6 is 0 Å². The number of hydrogen-bond donors (Lipinski definition) is 2. The van der Waals surface area contributed by atoms with Crippen molar-refractivity contribution in [3.05, 3.63) is 53.1 Å². The van der Waals surface area contributed by atoms with Gasteiger partial charge in [-0.25, -0.2) is 0 Å². The zero-order chi connectivity index (χ0) is 16.2. The number of para-hydroxylation sites is 1. The second kappa shape index (κ2) is 6.92. The molecule has 1 aliphatic heterocycles. The van der Waals surface area contributed by atoms with Crippen molar-refractivity contribution in [2.75, 3.05) is 19.8 Å². The molecule has 0 amide bonds. The molecule has 0 spiro atoms. The molecule has 4 nitrogen and oxygen atoms in total. The second-order valence-corrected chi connectivity index (χ2v) is 5.56. The Labute approximate surface area is 137 Å². The van der Waals surface area contributed by atoms with Crippen LogP contribution in [0.15, 0.2) is 36.4 Å². The average molecular weight is 313 g/mol. The van der Waals surface area contributed by atoms with E-state index in [1.165, 1.54) is 5.56 Å². The number of ether oxygens (including phenoxy) is 2. The zero-order valence-electron chi connectivity index (χ0n) is 13.6. The predicted molar refractivity (Wildman–Crippen MR) is 90.4 cm³/mol. The van der Waals surface area contributed by atoms with Gasteiger partial charge >= 0.3 is 0 Å². The average Bonchev–Trinajstić information content (AvgIpc) is 2.56. The lowest BCUT2D eigenvalue weighted by atomic mass is 9.89. The van der Waals surface area contributed by atoms with Gasteiger partial charge in [0.1, 0.15) is 5.75 Å². The maximum atomic E-state index is 10.2. The highest BCUT2D eigenvalue weighted by atomic mass is 16.5. The molecule has 2 aromatic rings. The quantitative estimate of drug-likeness (QED) is 0.888. The van der Waals surface area contributed by atoms with E-state index in [1.807, 2.05) is 38.1 Å². The molecule has 0 aromatic heterocycles. The van der Waals surface area contributed by atoms with Crippen LogP contribution < -0.4 is 14.8 Å². The number of hydrogen-bond acceptors (Lipinski definition) is 4. The first-order valence-electron chi connectivity index (χ1n) is 8.18. The van der Waals surface area contributed by atoms with Crippen LogP contribution in [0, 0.1) is 0 Å². The van der Waals surface area contributed by atoms with Gasteiger partial charge in [0.25, 0.3) is 0 Å². The van der Waals surface area contributed by atoms with Gasteiger partial charge in [-0.05, 0) is 49.6 Å². The highest BCUT2D eigenvalue weighted by molar-refractivity contribution is 5.53. The normalized spacial score (nSPS) is 16.7. The van der Waals surface area contributed by atoms with E-state index in [2.05, 4.69) is 11.4 Å². The van der Waals surface area contributed by atoms with Gasteiger partial charge in [-0.3, -0.25) is 0 Å². The van der Waals surface area contributed by atoms with Crippen molar-refractivity contribution in [1.29, 1.82) is 0 Å². The summed E-state index contributed by atoms with van der Waals surface area (Å²) in [6.07, 6.45) is 0.936. The number of fused-ring (bicyclic) bond motifs is 1. The lowest BCUT2D eigenvalue weighted by Crippen LogP contribution is -2.30. The Morgan fingerprint density at radius 2 is 1.74 bits per heavy atom. The number of nitrogens with one attached hydrogen (secondary N) is 1. The minimum atomic E-state index is -0.0326. The van der Waals surface area contributed by atoms with E-state index < -0.39 is 0 Å². The zero-order valence-corrected chi connectivity index (χ0v) is 13.6. The molecule has 0 aliphatic carbocycles. The molecule has 0 fully saturated rings. The third kappa shape index (κ3) is 3.13. The van der Waals surface area contributed by atoms with Crippen molar-refractivity contribution < 1.29 is 14.6 Å². The van der Waals surface area contributed by atoms with E-state index in [0.29, 0.717) is 19.0 Å². The molecule has 1 heterocycles. The van der Waals surface area contributed by atoms with E-state index in [9.17, 15) is 5.11 Å². The van der Waals surface area contributed by atoms with Crippen molar-refractivity contribution in [3.63, 3.8) is 0 Å². The van der Waals surface area contributed by atoms with Gasteiger partial charge in [0.2, 0.25) is 0 Å². The molecular weight excluding hydrogens is 290 g/mol. The summed E-state index contributed by atoms with van der Waals surface area (Å²) in [5, 5.41) is 13.7. The van der Waals surface area contributed by atoms with Gasteiger partial charge in [0, 0.05) is 12.1 Å². The number of phenols is 1. The monoisotopic (exact) mass is 313 g/mol. The first-order chi connectivity index (χ1) is 11.2. The highest BCUT2D eigenvalue weighted by Gasteiger charge is 2.25. The topological polar surface area (TPSA) is 50.7 Å². The van der Waals surface area contributed by atoms with Gasteiger partial charge < -0.3 is 19.9 Å². The van der Waals surface area contributed by atoms with Crippen molar-refractivity contribution in [3.8, 4) is 17.2 Å². The van der Waals surface area contributed by atoms with Gasteiger partial charge in [-0.15, -0.1) is 0 Å². The largest absolute Gasteiger partial charge is 0.508 e. The smallest absolute Gasteiger partial charge is 0.161 e. The standard InChI is InChI=1S/C19H23NO3/c1-3-22-17-11-13-9-10-20-19(14-7-5-6-8-16(14)21)15(13)12-18(17)23-4-2/h5-8,11-12,19-21H,3-4,9-10H2,1-2H3. The fraction of sp³-hybridized carbons (Fsp3) is 0.368. The maximum Gasteiger partial charge on any atom is 0.161 e. The fourth-order valence-corrected chi connectivity index (χ4v) is 3.11. The Morgan fingerprint density at radius 3 is 2.43 bits per heavy atom. The van der Waals surface area contributed by atoms with E-state index in [0.717, 1.165) is 35.6 Å². The van der Waals surface area contributed by atoms with Crippen molar-refractivity contribution >= 4 is 0 Å². The van der Waals surface area contributed by atoms with Crippen molar-refractivity contribution in [1.82, 2.24) is 5.32 Å². The summed E-state index contributed by atoms with van der Waals surface area (Å²) in [5.41, 5.74) is 3.27. The summed E-state index contributed by atoms with van der Waals surface area (Å²) in [6, 6.07) is 11.6. The van der Waals surface area contributed by atoms with Gasteiger partial charge in [-0.2, -0.15) is 0 Å². The van der Waals surface area contributed by atoms with Crippen LogP contribution in [0.25, 0.3) is 0 Å². The third-order valence-electron chi connectivity index (χ3n) is 4.11. The van der Waals surface area contributed by atoms with E-state index in [-0.39, 0.29) is 6.04 Å². The number of aromatic hydroxyl groups is 1. The third-order valence-corrected chi connectivity index (χ3v) is 4.11. The lowest BCUT2D eigenvalue weighted by Gasteiger charge is -2.29. The summed E-state index contributed by atoms with van der Waals surface area (Å²) in [4.78, 5) is 0. The summed E-state index contributed by atoms with van der Waals surface area (Å²) >= 11 is 0. The Hall–Kier alpha value is -2.20. The first-order valence-corrected chi connectivity index (χ1v) is 8.18. The molecule has 0 saturated carbocycles. The Bertz CT molecular complexity index is 684. The molecule has 1 atom stereocenters. The summed E-state index contributed by atoms with van der Waals surface area (Å²) in [6.45, 7) is 6.01. The minimum Gasteiger partial charge on any atom is -0.508 e. The van der Waals surface area contributed by atoms with Gasteiger partial charge in [0.15, 0.2) is 11.5 Å². The van der Waals surface area contributed by atoms with Crippen LogP contribution in [0.5, 0.6) is 17.2 Å². The molecule has 0 bridgehead atoms. The minimum absolute atomic E-state index is 0.0326. The summed E-state index contributed by atoms with van der Waals surface area (Å²) in [5.74, 6) is 1.87. The molecule has 3 rings (SSSR count). The molecule has 0 saturated heterocycles. The van der Waals surface area contributed by atoms with Crippen LogP contribution in [0.4, 0.5) is 0 Å². The first kappa shape index (κ1) is 15.7. The fourth-order valence-electron chi connectivity index (χ4n) is 3.11. The van der Waals surface area contributed by atoms with Gasteiger partial charge in [0.05, 0.1) is 19.3 Å². The molecule has 0 radical (unpaired) electrons. The van der Waals surface area contributed by atoms with Crippen LogP contribution in [0.2, 0.25) is 0 Å². The summed E-state index contributed by atoms with van der Waals surface area (Å²) < 4.78 is 11.5. The molecule has 2 N–H and O–H groups in total. The molecule has 23 heavy (non-hydrogen) atoms. The molecular formula is C19H23NO3. The SMILES string of the molecule is CCOc1cc2c(cc1OCC)C(c1ccccc1O)NCC2. The predicted octanol–water partition coefficient (Wildman–Crippen LogP) is 3.42. The van der Waals surface area contributed by atoms with Crippen LogP contribution in [0.3, 0.4) is 0 Å². The molecule has 1 unspecified atom stereocenters. The second-order valence-electron chi connectivity index (χ2n) is 5.56. The maximum absolute atomic E-state index is 10.2. The van der Waals surface area contributed by atoms with Crippen molar-refractivity contribution in [2.24, 2.45) is 0 Å². The number of rotatable bonds is 5. The van der Waals surface area contributed by atoms with E-state index >= 15 is 0 Å². The van der Waals surface area contributed by atoms with Crippen LogP contribution in [-0.2, 0) is 6.42 Å². The van der Waals surface area contributed by atoms with Crippen LogP contribution in [0.1, 0.15) is 36.6 Å². The summed E-state index contributed by atoms with van der Waals surface area (Å²) in [7, 11) is 0. The van der Waals surface area contributed by atoms with Gasteiger partial charge in [-0.1, -0.05) is 18.2 Å². The Kier molecular flexibility index (Phi) is 4.72.